The number of fused-ring (bicyclic) bond motifs is 1. The Bertz CT molecular complexity index is 1260. The SMILES string of the molecule is Cc1ccc(Cn2nc(C)c(/C=N\NC(=O)Cn3c(C)nc4ccccc43)c2C)cc1. The van der Waals surface area contributed by atoms with E-state index < -0.39 is 0 Å². The fraction of sp³-hybridized carbons (Fsp3) is 0.250. The minimum Gasteiger partial charge on any atom is -0.319 e. The van der Waals surface area contributed by atoms with Crippen molar-refractivity contribution in [2.24, 2.45) is 5.10 Å². The quantitative estimate of drug-likeness (QED) is 0.386. The molecule has 31 heavy (non-hydrogen) atoms. The zero-order valence-corrected chi connectivity index (χ0v) is 18.3. The Balaban J connectivity index is 1.43. The van der Waals surface area contributed by atoms with Gasteiger partial charge < -0.3 is 4.57 Å². The first-order valence-corrected chi connectivity index (χ1v) is 10.3. The van der Waals surface area contributed by atoms with Gasteiger partial charge in [-0.3, -0.25) is 9.48 Å². The van der Waals surface area contributed by atoms with Crippen molar-refractivity contribution in [3.05, 3.63) is 82.4 Å². The number of hydrazone groups is 1. The molecule has 1 N–H and O–H groups in total. The van der Waals surface area contributed by atoms with Crippen molar-refractivity contribution < 1.29 is 4.79 Å². The third-order valence-electron chi connectivity index (χ3n) is 5.42. The summed E-state index contributed by atoms with van der Waals surface area (Å²) in [6, 6.07) is 16.2. The highest BCUT2D eigenvalue weighted by Gasteiger charge is 2.12. The highest BCUT2D eigenvalue weighted by atomic mass is 16.2. The maximum absolute atomic E-state index is 12.4. The van der Waals surface area contributed by atoms with Gasteiger partial charge in [0.2, 0.25) is 0 Å². The van der Waals surface area contributed by atoms with E-state index in [-0.39, 0.29) is 12.5 Å². The minimum atomic E-state index is -0.204. The second kappa shape index (κ2) is 8.55. The van der Waals surface area contributed by atoms with Gasteiger partial charge in [0.15, 0.2) is 0 Å². The lowest BCUT2D eigenvalue weighted by atomic mass is 10.1. The standard InChI is InChI=1S/C24H26N6O/c1-16-9-11-20(12-10-16)14-30-18(3)21(17(2)28-30)13-25-27-24(31)15-29-19(4)26-22-7-5-6-8-23(22)29/h5-13H,14-15H2,1-4H3,(H,27,31)/b25-13-. The van der Waals surface area contributed by atoms with Crippen LogP contribution >= 0.6 is 0 Å². The van der Waals surface area contributed by atoms with Crippen LogP contribution < -0.4 is 5.43 Å². The maximum Gasteiger partial charge on any atom is 0.260 e. The second-order valence-electron chi connectivity index (χ2n) is 7.75. The van der Waals surface area contributed by atoms with Crippen LogP contribution in [0.2, 0.25) is 0 Å². The number of hydrogen-bond donors (Lipinski definition) is 1. The van der Waals surface area contributed by atoms with Gasteiger partial charge >= 0.3 is 0 Å². The predicted molar refractivity (Wildman–Crippen MR) is 122 cm³/mol. The van der Waals surface area contributed by atoms with Gasteiger partial charge in [-0.2, -0.15) is 10.2 Å². The van der Waals surface area contributed by atoms with Gasteiger partial charge in [0.1, 0.15) is 12.4 Å². The molecule has 0 radical (unpaired) electrons. The van der Waals surface area contributed by atoms with Crippen LogP contribution in [0.1, 0.15) is 33.9 Å². The molecule has 4 rings (SSSR count). The highest BCUT2D eigenvalue weighted by Crippen LogP contribution is 2.15. The number of hydrogen-bond acceptors (Lipinski definition) is 4. The fourth-order valence-corrected chi connectivity index (χ4v) is 3.66. The number of carbonyl (C=O) groups is 1. The summed E-state index contributed by atoms with van der Waals surface area (Å²) in [6.45, 7) is 8.79. The molecule has 0 aliphatic carbocycles. The van der Waals surface area contributed by atoms with E-state index in [4.69, 9.17) is 0 Å². The van der Waals surface area contributed by atoms with E-state index in [1.165, 1.54) is 11.1 Å². The van der Waals surface area contributed by atoms with Crippen molar-refractivity contribution in [3.63, 3.8) is 0 Å². The number of aryl methyl sites for hydroxylation is 3. The third-order valence-corrected chi connectivity index (χ3v) is 5.42. The number of para-hydroxylation sites is 2. The molecule has 4 aromatic rings. The molecule has 2 heterocycles. The molecule has 1 amide bonds. The Hall–Kier alpha value is -3.74. The fourth-order valence-electron chi connectivity index (χ4n) is 3.66. The van der Waals surface area contributed by atoms with Crippen LogP contribution in [-0.4, -0.2) is 31.5 Å². The van der Waals surface area contributed by atoms with Crippen LogP contribution in [0.5, 0.6) is 0 Å². The van der Waals surface area contributed by atoms with Gasteiger partial charge in [0.05, 0.1) is 29.5 Å². The number of benzene rings is 2. The van der Waals surface area contributed by atoms with Gasteiger partial charge in [0.25, 0.3) is 5.91 Å². The first-order chi connectivity index (χ1) is 14.9. The zero-order valence-electron chi connectivity index (χ0n) is 18.3. The molecule has 0 saturated carbocycles. The summed E-state index contributed by atoms with van der Waals surface area (Å²) in [5.41, 5.74) is 9.66. The van der Waals surface area contributed by atoms with Crippen LogP contribution in [0.15, 0.2) is 53.6 Å². The van der Waals surface area contributed by atoms with Crippen LogP contribution in [0.4, 0.5) is 0 Å². The molecule has 7 heteroatoms. The Kier molecular flexibility index (Phi) is 5.66. The molecule has 0 spiro atoms. The lowest BCUT2D eigenvalue weighted by Gasteiger charge is -2.06. The normalized spacial score (nSPS) is 11.5. The van der Waals surface area contributed by atoms with Gasteiger partial charge in [-0.15, -0.1) is 0 Å². The Morgan fingerprint density at radius 3 is 2.58 bits per heavy atom. The number of nitrogens with zero attached hydrogens (tertiary/aromatic N) is 5. The van der Waals surface area contributed by atoms with Crippen molar-refractivity contribution in [2.45, 2.75) is 40.8 Å². The average Bonchev–Trinajstić information content (AvgIpc) is 3.20. The Morgan fingerprint density at radius 2 is 1.81 bits per heavy atom. The molecule has 0 aliphatic heterocycles. The lowest BCUT2D eigenvalue weighted by Crippen LogP contribution is -2.23. The first kappa shape index (κ1) is 20.5. The van der Waals surface area contributed by atoms with Gasteiger partial charge in [-0.05, 0) is 45.4 Å². The smallest absolute Gasteiger partial charge is 0.260 e. The summed E-state index contributed by atoms with van der Waals surface area (Å²) in [5, 5.41) is 8.81. The zero-order chi connectivity index (χ0) is 22.0. The molecular formula is C24H26N6O. The number of amides is 1. The summed E-state index contributed by atoms with van der Waals surface area (Å²) >= 11 is 0. The van der Waals surface area contributed by atoms with E-state index in [0.29, 0.717) is 6.54 Å². The summed E-state index contributed by atoms with van der Waals surface area (Å²) < 4.78 is 3.85. The van der Waals surface area contributed by atoms with Crippen molar-refractivity contribution in [3.8, 4) is 0 Å². The van der Waals surface area contributed by atoms with Crippen LogP contribution in [0.3, 0.4) is 0 Å². The molecule has 2 aromatic carbocycles. The van der Waals surface area contributed by atoms with Crippen molar-refractivity contribution >= 4 is 23.2 Å². The largest absolute Gasteiger partial charge is 0.319 e. The molecule has 7 nitrogen and oxygen atoms in total. The van der Waals surface area contributed by atoms with Crippen molar-refractivity contribution in [1.82, 2.24) is 24.8 Å². The molecule has 0 fully saturated rings. The van der Waals surface area contributed by atoms with E-state index in [1.54, 1.807) is 6.21 Å². The number of nitrogens with one attached hydrogen (secondary N) is 1. The second-order valence-corrected chi connectivity index (χ2v) is 7.75. The summed E-state index contributed by atoms with van der Waals surface area (Å²) in [5.74, 6) is 0.592. The molecule has 0 atom stereocenters. The summed E-state index contributed by atoms with van der Waals surface area (Å²) in [7, 11) is 0. The Morgan fingerprint density at radius 1 is 1.06 bits per heavy atom. The van der Waals surface area contributed by atoms with Crippen LogP contribution in [-0.2, 0) is 17.9 Å². The van der Waals surface area contributed by atoms with Gasteiger partial charge in [0, 0.05) is 11.3 Å². The first-order valence-electron chi connectivity index (χ1n) is 10.3. The van der Waals surface area contributed by atoms with Gasteiger partial charge in [-0.1, -0.05) is 42.0 Å². The van der Waals surface area contributed by atoms with Crippen molar-refractivity contribution in [2.75, 3.05) is 0 Å². The Labute approximate surface area is 181 Å². The third kappa shape index (κ3) is 4.40. The molecule has 2 aromatic heterocycles. The monoisotopic (exact) mass is 414 g/mol. The molecule has 0 saturated heterocycles. The molecule has 0 unspecified atom stereocenters. The number of imidazole rings is 1. The van der Waals surface area contributed by atoms with Crippen molar-refractivity contribution in [1.29, 1.82) is 0 Å². The van der Waals surface area contributed by atoms with Crippen LogP contribution in [0, 0.1) is 27.7 Å². The molecule has 0 aliphatic rings. The topological polar surface area (TPSA) is 77.1 Å². The predicted octanol–water partition coefficient (Wildman–Crippen LogP) is 3.67. The van der Waals surface area contributed by atoms with E-state index >= 15 is 0 Å². The summed E-state index contributed by atoms with van der Waals surface area (Å²) in [6.07, 6.45) is 1.67. The molecule has 158 valence electrons. The number of carbonyl (C=O) groups excluding carboxylic acids is 1. The summed E-state index contributed by atoms with van der Waals surface area (Å²) in [4.78, 5) is 16.9. The molecule has 0 bridgehead atoms. The highest BCUT2D eigenvalue weighted by molar-refractivity contribution is 5.85. The number of rotatable bonds is 6. The van der Waals surface area contributed by atoms with E-state index in [1.807, 2.05) is 54.3 Å². The van der Waals surface area contributed by atoms with E-state index in [0.717, 1.165) is 33.8 Å². The number of aromatic nitrogens is 4. The maximum atomic E-state index is 12.4. The van der Waals surface area contributed by atoms with Crippen LogP contribution in [0.25, 0.3) is 11.0 Å². The van der Waals surface area contributed by atoms with E-state index in [9.17, 15) is 4.79 Å². The van der Waals surface area contributed by atoms with Gasteiger partial charge in [-0.25, -0.2) is 10.4 Å². The average molecular weight is 415 g/mol. The molecular weight excluding hydrogens is 388 g/mol. The van der Waals surface area contributed by atoms with E-state index in [2.05, 4.69) is 51.8 Å². The lowest BCUT2D eigenvalue weighted by molar-refractivity contribution is -0.121. The minimum absolute atomic E-state index is 0.161.